The van der Waals surface area contributed by atoms with Crippen molar-refractivity contribution >= 4 is 11.8 Å². The molecule has 1 atom stereocenters. The molecule has 0 amide bonds. The van der Waals surface area contributed by atoms with Crippen LogP contribution in [0.5, 0.6) is 0 Å². The lowest BCUT2D eigenvalue weighted by Crippen LogP contribution is -2.38. The van der Waals surface area contributed by atoms with Gasteiger partial charge in [0.2, 0.25) is 0 Å². The van der Waals surface area contributed by atoms with E-state index in [0.717, 1.165) is 30.6 Å². The molecule has 3 heterocycles. The zero-order valence-corrected chi connectivity index (χ0v) is 19.0. The lowest BCUT2D eigenvalue weighted by atomic mass is 10.1. The van der Waals surface area contributed by atoms with E-state index >= 15 is 0 Å². The standard InChI is InChI=1S/C25H33N7/c1-20(22-9-7-10-23(18-22)32-16-8-12-29-32)30-25(26-2)28-19-21-11-13-27-24(17-21)31-14-5-3-4-6-15-31/h7-13,16-18,20H,3-6,14-15,19H2,1-2H3,(H2,26,28,30). The molecule has 1 fully saturated rings. The van der Waals surface area contributed by atoms with Crippen molar-refractivity contribution in [1.29, 1.82) is 0 Å². The molecule has 1 aromatic carbocycles. The van der Waals surface area contributed by atoms with Gasteiger partial charge in [-0.05, 0) is 61.2 Å². The second kappa shape index (κ2) is 10.8. The van der Waals surface area contributed by atoms with Crippen LogP contribution in [0.3, 0.4) is 0 Å². The topological polar surface area (TPSA) is 70.4 Å². The Hall–Kier alpha value is -3.35. The third-order valence-electron chi connectivity index (χ3n) is 5.92. The van der Waals surface area contributed by atoms with Crippen molar-refractivity contribution in [2.24, 2.45) is 4.99 Å². The van der Waals surface area contributed by atoms with Gasteiger partial charge in [-0.3, -0.25) is 4.99 Å². The molecule has 3 aromatic rings. The van der Waals surface area contributed by atoms with Gasteiger partial charge in [-0.25, -0.2) is 9.67 Å². The first-order chi connectivity index (χ1) is 15.7. The predicted molar refractivity (Wildman–Crippen MR) is 130 cm³/mol. The van der Waals surface area contributed by atoms with Crippen molar-refractivity contribution in [3.63, 3.8) is 0 Å². The highest BCUT2D eigenvalue weighted by atomic mass is 15.3. The van der Waals surface area contributed by atoms with E-state index in [2.05, 4.69) is 73.9 Å². The van der Waals surface area contributed by atoms with Gasteiger partial charge in [0.25, 0.3) is 0 Å². The van der Waals surface area contributed by atoms with Crippen LogP contribution in [0.2, 0.25) is 0 Å². The van der Waals surface area contributed by atoms with Crippen LogP contribution in [0, 0.1) is 0 Å². The molecule has 0 bridgehead atoms. The van der Waals surface area contributed by atoms with E-state index in [1.54, 1.807) is 13.2 Å². The summed E-state index contributed by atoms with van der Waals surface area (Å²) in [5.74, 6) is 1.85. The van der Waals surface area contributed by atoms with Gasteiger partial charge in [0.05, 0.1) is 11.7 Å². The van der Waals surface area contributed by atoms with E-state index in [9.17, 15) is 0 Å². The Morgan fingerprint density at radius 3 is 2.66 bits per heavy atom. The van der Waals surface area contributed by atoms with Gasteiger partial charge in [0.1, 0.15) is 5.82 Å². The molecule has 2 aromatic heterocycles. The minimum absolute atomic E-state index is 0.0989. The normalized spacial score (nSPS) is 15.8. The van der Waals surface area contributed by atoms with Crippen molar-refractivity contribution in [3.05, 3.63) is 72.2 Å². The van der Waals surface area contributed by atoms with E-state index in [4.69, 9.17) is 0 Å². The fourth-order valence-electron chi connectivity index (χ4n) is 4.07. The van der Waals surface area contributed by atoms with Crippen LogP contribution in [0.1, 0.15) is 49.8 Å². The van der Waals surface area contributed by atoms with Gasteiger partial charge < -0.3 is 15.5 Å². The molecule has 168 valence electrons. The van der Waals surface area contributed by atoms with Gasteiger partial charge in [0.15, 0.2) is 5.96 Å². The van der Waals surface area contributed by atoms with Crippen molar-refractivity contribution in [2.45, 2.75) is 45.2 Å². The van der Waals surface area contributed by atoms with E-state index in [1.807, 2.05) is 23.1 Å². The molecular formula is C25H33N7. The third-order valence-corrected chi connectivity index (χ3v) is 5.92. The molecule has 7 nitrogen and oxygen atoms in total. The van der Waals surface area contributed by atoms with Gasteiger partial charge in [-0.15, -0.1) is 0 Å². The maximum absolute atomic E-state index is 4.61. The molecule has 32 heavy (non-hydrogen) atoms. The number of nitrogens with one attached hydrogen (secondary N) is 2. The number of guanidine groups is 1. The van der Waals surface area contributed by atoms with E-state index in [1.165, 1.54) is 36.8 Å². The van der Waals surface area contributed by atoms with Crippen LogP contribution in [0.4, 0.5) is 5.82 Å². The number of anilines is 1. The molecular weight excluding hydrogens is 398 g/mol. The zero-order chi connectivity index (χ0) is 22.2. The largest absolute Gasteiger partial charge is 0.357 e. The average Bonchev–Trinajstić information content (AvgIpc) is 3.24. The van der Waals surface area contributed by atoms with Crippen LogP contribution < -0.4 is 15.5 Å². The van der Waals surface area contributed by atoms with Crippen molar-refractivity contribution in [1.82, 2.24) is 25.4 Å². The number of hydrogen-bond acceptors (Lipinski definition) is 4. The maximum Gasteiger partial charge on any atom is 0.191 e. The van der Waals surface area contributed by atoms with Crippen molar-refractivity contribution < 1.29 is 0 Å². The summed E-state index contributed by atoms with van der Waals surface area (Å²) in [5, 5.41) is 11.3. The smallest absolute Gasteiger partial charge is 0.191 e. The summed E-state index contributed by atoms with van der Waals surface area (Å²) in [7, 11) is 1.80. The minimum atomic E-state index is 0.0989. The summed E-state index contributed by atoms with van der Waals surface area (Å²) < 4.78 is 1.87. The Morgan fingerprint density at radius 1 is 1.06 bits per heavy atom. The second-order valence-corrected chi connectivity index (χ2v) is 8.26. The SMILES string of the molecule is CN=C(NCc1ccnc(N2CCCCCC2)c1)NC(C)c1cccc(-n2cccn2)c1. The first-order valence-electron chi connectivity index (χ1n) is 11.5. The van der Waals surface area contributed by atoms with E-state index in [-0.39, 0.29) is 6.04 Å². The number of pyridine rings is 1. The van der Waals surface area contributed by atoms with Crippen molar-refractivity contribution in [2.75, 3.05) is 25.0 Å². The summed E-state index contributed by atoms with van der Waals surface area (Å²) in [4.78, 5) is 11.4. The number of rotatable bonds is 6. The molecule has 4 rings (SSSR count). The Bertz CT molecular complexity index is 1000. The highest BCUT2D eigenvalue weighted by Crippen LogP contribution is 2.19. The summed E-state index contributed by atoms with van der Waals surface area (Å²) in [5.41, 5.74) is 3.42. The lowest BCUT2D eigenvalue weighted by Gasteiger charge is -2.22. The summed E-state index contributed by atoms with van der Waals surface area (Å²) in [6, 6.07) is 14.7. The molecule has 1 aliphatic rings. The van der Waals surface area contributed by atoms with Gasteiger partial charge in [-0.1, -0.05) is 25.0 Å². The van der Waals surface area contributed by atoms with E-state index in [0.29, 0.717) is 6.54 Å². The van der Waals surface area contributed by atoms with Gasteiger partial charge in [0, 0.05) is 45.3 Å². The van der Waals surface area contributed by atoms with Crippen LogP contribution in [0.25, 0.3) is 5.69 Å². The highest BCUT2D eigenvalue weighted by Gasteiger charge is 2.12. The maximum atomic E-state index is 4.61. The third kappa shape index (κ3) is 5.66. The summed E-state index contributed by atoms with van der Waals surface area (Å²) in [6.07, 6.45) is 10.8. The molecule has 0 saturated carbocycles. The number of aromatic nitrogens is 3. The molecule has 2 N–H and O–H groups in total. The summed E-state index contributed by atoms with van der Waals surface area (Å²) in [6.45, 7) is 5.03. The second-order valence-electron chi connectivity index (χ2n) is 8.26. The molecule has 0 spiro atoms. The van der Waals surface area contributed by atoms with Crippen LogP contribution in [0.15, 0.2) is 66.0 Å². The Balaban J connectivity index is 1.36. The number of hydrogen-bond donors (Lipinski definition) is 2. The molecule has 1 aliphatic heterocycles. The molecule has 1 saturated heterocycles. The first-order valence-corrected chi connectivity index (χ1v) is 11.5. The molecule has 0 aliphatic carbocycles. The highest BCUT2D eigenvalue weighted by molar-refractivity contribution is 5.80. The number of aliphatic imine (C=N–C) groups is 1. The molecule has 1 unspecified atom stereocenters. The first kappa shape index (κ1) is 21.9. The summed E-state index contributed by atoms with van der Waals surface area (Å²) >= 11 is 0. The van der Waals surface area contributed by atoms with Crippen LogP contribution >= 0.6 is 0 Å². The number of benzene rings is 1. The molecule has 7 heteroatoms. The van der Waals surface area contributed by atoms with E-state index < -0.39 is 0 Å². The fraction of sp³-hybridized carbons (Fsp3) is 0.400. The van der Waals surface area contributed by atoms with Gasteiger partial charge in [-0.2, -0.15) is 5.10 Å². The molecule has 0 radical (unpaired) electrons. The minimum Gasteiger partial charge on any atom is -0.357 e. The predicted octanol–water partition coefficient (Wildman–Crippen LogP) is 4.07. The average molecular weight is 432 g/mol. The Morgan fingerprint density at radius 2 is 1.91 bits per heavy atom. The van der Waals surface area contributed by atoms with Crippen LogP contribution in [-0.2, 0) is 6.54 Å². The lowest BCUT2D eigenvalue weighted by molar-refractivity contribution is 0.683. The quantitative estimate of drug-likeness (QED) is 0.455. The zero-order valence-electron chi connectivity index (χ0n) is 19.0. The Kier molecular flexibility index (Phi) is 7.38. The monoisotopic (exact) mass is 431 g/mol. The Labute approximate surface area is 190 Å². The fourth-order valence-corrected chi connectivity index (χ4v) is 4.07. The van der Waals surface area contributed by atoms with Crippen LogP contribution in [-0.4, -0.2) is 40.9 Å². The van der Waals surface area contributed by atoms with Crippen molar-refractivity contribution in [3.8, 4) is 5.69 Å². The number of nitrogens with zero attached hydrogens (tertiary/aromatic N) is 5. The van der Waals surface area contributed by atoms with Gasteiger partial charge >= 0.3 is 0 Å².